The number of pyridine rings is 3. The van der Waals surface area contributed by atoms with Gasteiger partial charge in [0.1, 0.15) is 5.82 Å². The molecule has 0 aliphatic carbocycles. The first-order valence-corrected chi connectivity index (χ1v) is 12.3. The van der Waals surface area contributed by atoms with Crippen molar-refractivity contribution in [2.24, 2.45) is 0 Å². The van der Waals surface area contributed by atoms with Crippen LogP contribution in [0, 0.1) is 6.92 Å². The summed E-state index contributed by atoms with van der Waals surface area (Å²) in [4.78, 5) is 32.2. The number of fused-ring (bicyclic) bond motifs is 2. The van der Waals surface area contributed by atoms with E-state index in [2.05, 4.69) is 32.9 Å². The van der Waals surface area contributed by atoms with Gasteiger partial charge in [0.05, 0.1) is 16.6 Å². The van der Waals surface area contributed by atoms with Gasteiger partial charge in [-0.25, -0.2) is 9.97 Å². The molecule has 1 atom stereocenters. The summed E-state index contributed by atoms with van der Waals surface area (Å²) in [5, 5.41) is 2.60. The van der Waals surface area contributed by atoms with Gasteiger partial charge in [0, 0.05) is 53.0 Å². The molecule has 0 saturated heterocycles. The summed E-state index contributed by atoms with van der Waals surface area (Å²) in [7, 11) is 0. The molecule has 0 aliphatic rings. The number of aromatic nitrogens is 5. The largest absolute Gasteiger partial charge is 0.280 e. The summed E-state index contributed by atoms with van der Waals surface area (Å²) in [6.07, 6.45) is 7.83. The van der Waals surface area contributed by atoms with Crippen LogP contribution in [0.2, 0.25) is 0 Å². The molecule has 0 N–H and O–H groups in total. The van der Waals surface area contributed by atoms with Crippen molar-refractivity contribution < 1.29 is 0 Å². The quantitative estimate of drug-likeness (QED) is 0.299. The third-order valence-electron chi connectivity index (χ3n) is 6.78. The van der Waals surface area contributed by atoms with Crippen LogP contribution in [-0.2, 0) is 6.42 Å². The molecule has 0 bridgehead atoms. The highest BCUT2D eigenvalue weighted by Gasteiger charge is 2.20. The summed E-state index contributed by atoms with van der Waals surface area (Å²) in [5.74, 6) is 0.696. The highest BCUT2D eigenvalue weighted by atomic mass is 16.1. The van der Waals surface area contributed by atoms with Gasteiger partial charge in [-0.05, 0) is 54.6 Å². The highest BCUT2D eigenvalue weighted by Crippen LogP contribution is 2.30. The fraction of sp³-hybridized carbons (Fsp3) is 0.129. The van der Waals surface area contributed by atoms with E-state index in [1.165, 1.54) is 0 Å². The van der Waals surface area contributed by atoms with Crippen LogP contribution in [0.5, 0.6) is 0 Å². The zero-order chi connectivity index (χ0) is 25.4. The van der Waals surface area contributed by atoms with E-state index in [4.69, 9.17) is 0 Å². The fourth-order valence-electron chi connectivity index (χ4n) is 4.97. The Morgan fingerprint density at radius 2 is 1.59 bits per heavy atom. The third kappa shape index (κ3) is 4.16. The molecule has 6 rings (SSSR count). The predicted molar refractivity (Wildman–Crippen MR) is 147 cm³/mol. The third-order valence-corrected chi connectivity index (χ3v) is 6.78. The number of nitrogens with zero attached hydrogens (tertiary/aromatic N) is 5. The number of aryl methyl sites for hydroxylation is 1. The number of benzene rings is 2. The molecule has 4 aromatic heterocycles. The molecule has 0 spiro atoms. The first-order chi connectivity index (χ1) is 18.1. The lowest BCUT2D eigenvalue weighted by atomic mass is 9.95. The first kappa shape index (κ1) is 22.7. The number of rotatable bonds is 5. The lowest BCUT2D eigenvalue weighted by Crippen LogP contribution is -2.24. The van der Waals surface area contributed by atoms with Gasteiger partial charge in [0.2, 0.25) is 0 Å². The van der Waals surface area contributed by atoms with E-state index in [0.29, 0.717) is 17.6 Å². The summed E-state index contributed by atoms with van der Waals surface area (Å²) in [6, 6.07) is 23.8. The summed E-state index contributed by atoms with van der Waals surface area (Å²) in [5.41, 5.74) is 5.15. The lowest BCUT2D eigenvalue weighted by Gasteiger charge is -2.21. The molecule has 0 aliphatic heterocycles. The van der Waals surface area contributed by atoms with E-state index in [-0.39, 0.29) is 11.5 Å². The molecule has 0 saturated carbocycles. The van der Waals surface area contributed by atoms with Crippen molar-refractivity contribution in [1.29, 1.82) is 0 Å². The van der Waals surface area contributed by atoms with Gasteiger partial charge < -0.3 is 0 Å². The first-order valence-electron chi connectivity index (χ1n) is 12.3. The maximum absolute atomic E-state index is 14.3. The summed E-state index contributed by atoms with van der Waals surface area (Å²) in [6.45, 7) is 3.99. The van der Waals surface area contributed by atoms with Gasteiger partial charge in [-0.15, -0.1) is 0 Å². The molecule has 0 amide bonds. The minimum Gasteiger partial charge on any atom is -0.280 e. The number of para-hydroxylation sites is 1. The van der Waals surface area contributed by atoms with Gasteiger partial charge in [-0.1, -0.05) is 49.4 Å². The average molecular weight is 484 g/mol. The van der Waals surface area contributed by atoms with Crippen molar-refractivity contribution in [2.45, 2.75) is 26.2 Å². The standard InChI is InChI=1S/C31H25N5O/c1-20(16-27-30-22(13-15-32-27)9-7-14-33-30)28-17-23-8-6-12-26(24-18-34-21(2)35-19-24)29(23)31(37)36(28)25-10-4-3-5-11-25/h3-15,17-20H,16H2,1-2H3/t20-/m1/s1. The van der Waals surface area contributed by atoms with Crippen LogP contribution in [0.15, 0.2) is 102 Å². The van der Waals surface area contributed by atoms with Crippen molar-refractivity contribution in [2.75, 3.05) is 0 Å². The average Bonchev–Trinajstić information content (AvgIpc) is 2.94. The van der Waals surface area contributed by atoms with Gasteiger partial charge >= 0.3 is 0 Å². The Hall–Kier alpha value is -4.71. The topological polar surface area (TPSA) is 73.6 Å². The molecule has 4 heterocycles. The van der Waals surface area contributed by atoms with Gasteiger partial charge in [0.15, 0.2) is 0 Å². The van der Waals surface area contributed by atoms with Crippen LogP contribution in [-0.4, -0.2) is 24.5 Å². The highest BCUT2D eigenvalue weighted by molar-refractivity contribution is 5.96. The smallest absolute Gasteiger partial charge is 0.263 e. The van der Waals surface area contributed by atoms with E-state index < -0.39 is 0 Å². The van der Waals surface area contributed by atoms with Crippen molar-refractivity contribution >= 4 is 21.7 Å². The van der Waals surface area contributed by atoms with Crippen LogP contribution in [0.4, 0.5) is 0 Å². The van der Waals surface area contributed by atoms with Gasteiger partial charge in [-0.2, -0.15) is 0 Å². The molecule has 37 heavy (non-hydrogen) atoms. The zero-order valence-corrected chi connectivity index (χ0v) is 20.7. The van der Waals surface area contributed by atoms with Crippen LogP contribution in [0.25, 0.3) is 38.5 Å². The van der Waals surface area contributed by atoms with Crippen molar-refractivity contribution in [3.05, 3.63) is 125 Å². The Balaban J connectivity index is 1.56. The minimum absolute atomic E-state index is 0.00350. The van der Waals surface area contributed by atoms with Crippen LogP contribution < -0.4 is 5.56 Å². The molecule has 6 heteroatoms. The Bertz CT molecular complexity index is 1790. The van der Waals surface area contributed by atoms with Gasteiger partial charge in [-0.3, -0.25) is 19.3 Å². The van der Waals surface area contributed by atoms with Crippen molar-refractivity contribution in [3.8, 4) is 16.8 Å². The van der Waals surface area contributed by atoms with E-state index in [9.17, 15) is 4.79 Å². The van der Waals surface area contributed by atoms with Crippen molar-refractivity contribution in [1.82, 2.24) is 24.5 Å². The van der Waals surface area contributed by atoms with E-state index in [0.717, 1.165) is 44.5 Å². The molecule has 2 aromatic carbocycles. The van der Waals surface area contributed by atoms with Crippen LogP contribution in [0.3, 0.4) is 0 Å². The molecular formula is C31H25N5O. The maximum atomic E-state index is 14.3. The number of hydrogen-bond acceptors (Lipinski definition) is 5. The lowest BCUT2D eigenvalue weighted by molar-refractivity contribution is 0.688. The van der Waals surface area contributed by atoms with Crippen LogP contribution >= 0.6 is 0 Å². The fourth-order valence-corrected chi connectivity index (χ4v) is 4.97. The Kier molecular flexibility index (Phi) is 5.77. The normalized spacial score (nSPS) is 12.2. The molecule has 180 valence electrons. The van der Waals surface area contributed by atoms with Crippen molar-refractivity contribution in [3.63, 3.8) is 0 Å². The Morgan fingerprint density at radius 3 is 2.41 bits per heavy atom. The van der Waals surface area contributed by atoms with E-state index in [1.54, 1.807) is 18.6 Å². The number of hydrogen-bond donors (Lipinski definition) is 0. The minimum atomic E-state index is -0.0641. The van der Waals surface area contributed by atoms with Crippen LogP contribution in [0.1, 0.15) is 30.1 Å². The van der Waals surface area contributed by atoms with E-state index in [1.807, 2.05) is 84.4 Å². The molecule has 6 nitrogen and oxygen atoms in total. The van der Waals surface area contributed by atoms with Gasteiger partial charge in [0.25, 0.3) is 5.56 Å². The molecular weight excluding hydrogens is 458 g/mol. The Morgan fingerprint density at radius 1 is 0.811 bits per heavy atom. The Labute approximate surface area is 214 Å². The zero-order valence-electron chi connectivity index (χ0n) is 20.7. The SMILES string of the molecule is Cc1ncc(-c2cccc3cc([C@H](C)Cc4nccc5cccnc45)n(-c4ccccc4)c(=O)c23)cn1. The second kappa shape index (κ2) is 9.39. The molecule has 0 unspecified atom stereocenters. The second-order valence-corrected chi connectivity index (χ2v) is 9.27. The van der Waals surface area contributed by atoms with E-state index >= 15 is 0 Å². The second-order valence-electron chi connectivity index (χ2n) is 9.27. The monoisotopic (exact) mass is 483 g/mol. The predicted octanol–water partition coefficient (Wildman–Crippen LogP) is 6.05. The molecule has 6 aromatic rings. The summed E-state index contributed by atoms with van der Waals surface area (Å²) < 4.78 is 1.84. The summed E-state index contributed by atoms with van der Waals surface area (Å²) >= 11 is 0. The molecule has 0 radical (unpaired) electrons. The molecule has 0 fully saturated rings. The maximum Gasteiger partial charge on any atom is 0.263 e.